The summed E-state index contributed by atoms with van der Waals surface area (Å²) in [5, 5.41) is 18.6. The second-order valence-corrected chi connectivity index (χ2v) is 4.54. The van der Waals surface area contributed by atoms with E-state index in [2.05, 4.69) is 26.8 Å². The molecule has 15 heavy (non-hydrogen) atoms. The van der Waals surface area contributed by atoms with Crippen LogP contribution in [0.15, 0.2) is 11.6 Å². The van der Waals surface area contributed by atoms with Crippen molar-refractivity contribution in [1.82, 2.24) is 0 Å². The summed E-state index contributed by atoms with van der Waals surface area (Å²) >= 11 is 0. The quantitative estimate of drug-likeness (QED) is 0.610. The van der Waals surface area contributed by atoms with E-state index in [9.17, 15) is 10.2 Å². The number of hydrogen-bond acceptors (Lipinski definition) is 2. The van der Waals surface area contributed by atoms with Crippen LogP contribution in [0.4, 0.5) is 0 Å². The molecular formula is C13H26O2. The number of hydrogen-bond donors (Lipinski definition) is 2. The van der Waals surface area contributed by atoms with Gasteiger partial charge in [0.25, 0.3) is 0 Å². The number of unbranched alkanes of at least 4 members (excludes halogenated alkanes) is 1. The molecule has 0 rings (SSSR count). The van der Waals surface area contributed by atoms with Crippen molar-refractivity contribution in [2.75, 3.05) is 13.2 Å². The third-order valence-corrected chi connectivity index (χ3v) is 2.89. The van der Waals surface area contributed by atoms with Gasteiger partial charge in [0.15, 0.2) is 0 Å². The van der Waals surface area contributed by atoms with Crippen LogP contribution in [0, 0.1) is 11.8 Å². The number of aliphatic hydroxyl groups is 2. The van der Waals surface area contributed by atoms with Gasteiger partial charge in [-0.05, 0) is 38.5 Å². The zero-order valence-corrected chi connectivity index (χ0v) is 10.4. The van der Waals surface area contributed by atoms with E-state index in [1.807, 2.05) is 0 Å². The molecule has 0 unspecified atom stereocenters. The zero-order valence-electron chi connectivity index (χ0n) is 10.4. The smallest absolute Gasteiger partial charge is 0.0465 e. The van der Waals surface area contributed by atoms with Gasteiger partial charge >= 0.3 is 0 Å². The molecule has 90 valence electrons. The Labute approximate surface area is 94.0 Å². The van der Waals surface area contributed by atoms with Crippen LogP contribution in [0.5, 0.6) is 0 Å². The monoisotopic (exact) mass is 214 g/mol. The fraction of sp³-hybridized carbons (Fsp3) is 0.846. The molecule has 2 heteroatoms. The first-order chi connectivity index (χ1) is 7.15. The summed E-state index contributed by atoms with van der Waals surface area (Å²) in [5.74, 6) is 0.474. The first-order valence-corrected chi connectivity index (χ1v) is 6.00. The van der Waals surface area contributed by atoms with Gasteiger partial charge in [0.05, 0.1) is 0 Å². The Bertz CT molecular complexity index is 171. The van der Waals surface area contributed by atoms with Crippen LogP contribution in [-0.2, 0) is 0 Å². The highest BCUT2D eigenvalue weighted by atomic mass is 16.3. The zero-order chi connectivity index (χ0) is 11.7. The Hall–Kier alpha value is -0.340. The van der Waals surface area contributed by atoms with E-state index in [0.29, 0.717) is 0 Å². The molecule has 0 amide bonds. The van der Waals surface area contributed by atoms with Gasteiger partial charge in [0.2, 0.25) is 0 Å². The van der Waals surface area contributed by atoms with Crippen molar-refractivity contribution in [3.05, 3.63) is 11.6 Å². The van der Waals surface area contributed by atoms with E-state index in [4.69, 9.17) is 0 Å². The van der Waals surface area contributed by atoms with E-state index in [1.54, 1.807) is 0 Å². The lowest BCUT2D eigenvalue weighted by Gasteiger charge is -2.22. The van der Waals surface area contributed by atoms with Gasteiger partial charge in [0, 0.05) is 13.2 Å². The third kappa shape index (κ3) is 6.69. The third-order valence-electron chi connectivity index (χ3n) is 2.89. The molecule has 0 aliphatic heterocycles. The van der Waals surface area contributed by atoms with Gasteiger partial charge in [-0.2, -0.15) is 0 Å². The molecule has 2 N–H and O–H groups in total. The molecule has 2 atom stereocenters. The largest absolute Gasteiger partial charge is 0.396 e. The summed E-state index contributed by atoms with van der Waals surface area (Å²) < 4.78 is 0. The standard InChI is InChI=1S/C13H26O2/c1-4-5-6-12(9-14)13(10-15)8-7-11(2)3/h7,12-15H,4-6,8-10H2,1-3H3/t12-,13-/m0/s1. The van der Waals surface area contributed by atoms with Gasteiger partial charge in [-0.3, -0.25) is 0 Å². The van der Waals surface area contributed by atoms with Gasteiger partial charge in [-0.15, -0.1) is 0 Å². The summed E-state index contributed by atoms with van der Waals surface area (Å²) in [5.41, 5.74) is 1.28. The molecule has 0 radical (unpaired) electrons. The molecule has 0 heterocycles. The van der Waals surface area contributed by atoms with Crippen LogP contribution < -0.4 is 0 Å². The van der Waals surface area contributed by atoms with E-state index in [-0.39, 0.29) is 25.0 Å². The lowest BCUT2D eigenvalue weighted by Crippen LogP contribution is -2.21. The second kappa shape index (κ2) is 8.93. The van der Waals surface area contributed by atoms with Crippen LogP contribution in [0.25, 0.3) is 0 Å². The maximum Gasteiger partial charge on any atom is 0.0465 e. The Kier molecular flexibility index (Phi) is 8.73. The van der Waals surface area contributed by atoms with Crippen LogP contribution >= 0.6 is 0 Å². The lowest BCUT2D eigenvalue weighted by atomic mass is 9.86. The molecule has 0 aromatic heterocycles. The van der Waals surface area contributed by atoms with Crippen LogP contribution in [0.3, 0.4) is 0 Å². The molecule has 0 fully saturated rings. The number of rotatable bonds is 8. The minimum absolute atomic E-state index is 0.179. The lowest BCUT2D eigenvalue weighted by molar-refractivity contribution is 0.113. The molecule has 0 aromatic rings. The van der Waals surface area contributed by atoms with Crippen LogP contribution in [-0.4, -0.2) is 23.4 Å². The predicted octanol–water partition coefficient (Wildman–Crippen LogP) is 2.75. The SMILES string of the molecule is CCCC[C@@H](CO)[C@H](CO)CC=C(C)C. The molecule has 0 saturated carbocycles. The summed E-state index contributed by atoms with van der Waals surface area (Å²) in [7, 11) is 0. The maximum absolute atomic E-state index is 9.30. The minimum atomic E-state index is 0.179. The topological polar surface area (TPSA) is 40.5 Å². The summed E-state index contributed by atoms with van der Waals surface area (Å²) in [6.07, 6.45) is 6.34. The number of aliphatic hydroxyl groups excluding tert-OH is 2. The molecular weight excluding hydrogens is 188 g/mol. The van der Waals surface area contributed by atoms with Gasteiger partial charge in [-0.1, -0.05) is 31.4 Å². The van der Waals surface area contributed by atoms with Crippen molar-refractivity contribution in [1.29, 1.82) is 0 Å². The second-order valence-electron chi connectivity index (χ2n) is 4.54. The molecule has 2 nitrogen and oxygen atoms in total. The van der Waals surface area contributed by atoms with E-state index in [0.717, 1.165) is 25.7 Å². The minimum Gasteiger partial charge on any atom is -0.396 e. The molecule has 0 aromatic carbocycles. The average Bonchev–Trinajstić information content (AvgIpc) is 2.22. The molecule has 0 aliphatic carbocycles. The maximum atomic E-state index is 9.30. The fourth-order valence-corrected chi connectivity index (χ4v) is 1.75. The molecule has 0 bridgehead atoms. The fourth-order valence-electron chi connectivity index (χ4n) is 1.75. The summed E-state index contributed by atoms with van der Waals surface area (Å²) in [6.45, 7) is 6.65. The molecule has 0 spiro atoms. The highest BCUT2D eigenvalue weighted by Crippen LogP contribution is 2.22. The van der Waals surface area contributed by atoms with Crippen LogP contribution in [0.1, 0.15) is 46.5 Å². The molecule has 0 saturated heterocycles. The Morgan fingerprint density at radius 1 is 1.13 bits per heavy atom. The normalized spacial score (nSPS) is 14.7. The van der Waals surface area contributed by atoms with Crippen molar-refractivity contribution in [3.8, 4) is 0 Å². The summed E-state index contributed by atoms with van der Waals surface area (Å²) in [4.78, 5) is 0. The Balaban J connectivity index is 4.14. The van der Waals surface area contributed by atoms with Gasteiger partial charge < -0.3 is 10.2 Å². The van der Waals surface area contributed by atoms with Gasteiger partial charge in [0.1, 0.15) is 0 Å². The first kappa shape index (κ1) is 14.7. The Morgan fingerprint density at radius 2 is 1.73 bits per heavy atom. The van der Waals surface area contributed by atoms with Crippen molar-refractivity contribution in [3.63, 3.8) is 0 Å². The summed E-state index contributed by atoms with van der Waals surface area (Å²) in [6, 6.07) is 0. The van der Waals surface area contributed by atoms with Crippen molar-refractivity contribution >= 4 is 0 Å². The van der Waals surface area contributed by atoms with E-state index >= 15 is 0 Å². The highest BCUT2D eigenvalue weighted by Gasteiger charge is 2.18. The van der Waals surface area contributed by atoms with E-state index in [1.165, 1.54) is 5.57 Å². The Morgan fingerprint density at radius 3 is 2.13 bits per heavy atom. The van der Waals surface area contributed by atoms with Crippen molar-refractivity contribution in [2.45, 2.75) is 46.5 Å². The first-order valence-electron chi connectivity index (χ1n) is 6.00. The van der Waals surface area contributed by atoms with Crippen LogP contribution in [0.2, 0.25) is 0 Å². The predicted molar refractivity (Wildman–Crippen MR) is 64.7 cm³/mol. The molecule has 0 aliphatic rings. The highest BCUT2D eigenvalue weighted by molar-refractivity contribution is 4.94. The average molecular weight is 214 g/mol. The van der Waals surface area contributed by atoms with Crippen molar-refractivity contribution in [2.24, 2.45) is 11.8 Å². The van der Waals surface area contributed by atoms with E-state index < -0.39 is 0 Å². The van der Waals surface area contributed by atoms with Crippen molar-refractivity contribution < 1.29 is 10.2 Å². The number of allylic oxidation sites excluding steroid dienone is 2. The van der Waals surface area contributed by atoms with Gasteiger partial charge in [-0.25, -0.2) is 0 Å².